The molecule has 29 heavy (non-hydrogen) atoms. The van der Waals surface area contributed by atoms with E-state index in [2.05, 4.69) is 50.9 Å². The second-order valence-corrected chi connectivity index (χ2v) is 8.35. The molecular formula is C23H26N4O2. The fourth-order valence-corrected chi connectivity index (χ4v) is 5.54. The number of nitrogens with zero attached hydrogens (tertiary/aromatic N) is 3. The minimum Gasteiger partial charge on any atom is -0.356 e. The van der Waals surface area contributed by atoms with Crippen LogP contribution in [0.3, 0.4) is 0 Å². The normalized spacial score (nSPS) is 26.2. The fraction of sp³-hybridized carbons (Fsp3) is 0.435. The van der Waals surface area contributed by atoms with Crippen LogP contribution in [0.1, 0.15) is 37.3 Å². The minimum absolute atomic E-state index is 0.197. The molecule has 0 saturated carbocycles. The number of benzene rings is 2. The first kappa shape index (κ1) is 18.3. The number of fused-ring (bicyclic) bond motifs is 3. The van der Waals surface area contributed by atoms with Gasteiger partial charge < -0.3 is 5.32 Å². The zero-order chi connectivity index (χ0) is 19.8. The second-order valence-electron chi connectivity index (χ2n) is 8.35. The van der Waals surface area contributed by atoms with Gasteiger partial charge in [-0.2, -0.15) is 0 Å². The van der Waals surface area contributed by atoms with Crippen LogP contribution < -0.4 is 5.32 Å². The van der Waals surface area contributed by atoms with Gasteiger partial charge in [-0.25, -0.2) is 4.63 Å². The third-order valence-corrected chi connectivity index (χ3v) is 6.75. The van der Waals surface area contributed by atoms with Crippen molar-refractivity contribution < 1.29 is 9.42 Å². The predicted octanol–water partition coefficient (Wildman–Crippen LogP) is 3.32. The van der Waals surface area contributed by atoms with Crippen LogP contribution in [0.4, 0.5) is 0 Å². The van der Waals surface area contributed by atoms with Crippen LogP contribution in [-0.2, 0) is 17.8 Å². The lowest BCUT2D eigenvalue weighted by atomic mass is 9.69. The zero-order valence-electron chi connectivity index (χ0n) is 16.7. The number of rotatable bonds is 6. The molecule has 2 aliphatic rings. The molecule has 150 valence electrons. The zero-order valence-corrected chi connectivity index (χ0v) is 16.7. The van der Waals surface area contributed by atoms with Gasteiger partial charge in [0.15, 0.2) is 0 Å². The summed E-state index contributed by atoms with van der Waals surface area (Å²) in [4.78, 5) is 15.9. The van der Waals surface area contributed by atoms with E-state index in [0.717, 1.165) is 48.8 Å². The maximum absolute atomic E-state index is 13.4. The molecule has 3 aromatic rings. The molecular weight excluding hydrogens is 364 g/mol. The summed E-state index contributed by atoms with van der Waals surface area (Å²) in [6.07, 6.45) is 3.90. The van der Waals surface area contributed by atoms with Crippen molar-refractivity contribution >= 4 is 16.9 Å². The third kappa shape index (κ3) is 3.02. The summed E-state index contributed by atoms with van der Waals surface area (Å²) in [6.45, 7) is 3.44. The monoisotopic (exact) mass is 390 g/mol. The topological polar surface area (TPSA) is 71.3 Å². The van der Waals surface area contributed by atoms with Crippen molar-refractivity contribution in [3.05, 3.63) is 59.7 Å². The van der Waals surface area contributed by atoms with Gasteiger partial charge in [-0.05, 0) is 60.1 Å². The number of amides is 1. The van der Waals surface area contributed by atoms with E-state index in [1.54, 1.807) is 0 Å². The van der Waals surface area contributed by atoms with E-state index in [1.807, 2.05) is 25.1 Å². The summed E-state index contributed by atoms with van der Waals surface area (Å²) in [5, 5.41) is 11.2. The first-order valence-corrected chi connectivity index (χ1v) is 10.5. The fourth-order valence-electron chi connectivity index (χ4n) is 5.54. The minimum atomic E-state index is -0.379. The van der Waals surface area contributed by atoms with Crippen molar-refractivity contribution in [1.29, 1.82) is 0 Å². The van der Waals surface area contributed by atoms with Gasteiger partial charge in [0.2, 0.25) is 5.91 Å². The van der Waals surface area contributed by atoms with Crippen LogP contribution in [-0.4, -0.2) is 39.7 Å². The number of hydrogen-bond acceptors (Lipinski definition) is 5. The number of carbonyl (C=O) groups is 1. The van der Waals surface area contributed by atoms with Gasteiger partial charge in [0.05, 0.1) is 5.41 Å². The summed E-state index contributed by atoms with van der Waals surface area (Å²) >= 11 is 0. The molecule has 2 saturated heterocycles. The molecule has 1 N–H and O–H groups in total. The Morgan fingerprint density at radius 2 is 2.03 bits per heavy atom. The highest BCUT2D eigenvalue weighted by Gasteiger charge is 2.59. The van der Waals surface area contributed by atoms with E-state index in [-0.39, 0.29) is 17.4 Å². The van der Waals surface area contributed by atoms with E-state index < -0.39 is 0 Å². The predicted molar refractivity (Wildman–Crippen MR) is 110 cm³/mol. The first-order chi connectivity index (χ1) is 14.2. The van der Waals surface area contributed by atoms with Crippen LogP contribution in [0.2, 0.25) is 0 Å². The Balaban J connectivity index is 1.48. The van der Waals surface area contributed by atoms with Gasteiger partial charge in [0.1, 0.15) is 11.0 Å². The van der Waals surface area contributed by atoms with Gasteiger partial charge >= 0.3 is 0 Å². The molecule has 0 radical (unpaired) electrons. The average molecular weight is 390 g/mol. The highest BCUT2D eigenvalue weighted by molar-refractivity contribution is 5.84. The number of carbonyl (C=O) groups excluding carboxylic acids is 1. The van der Waals surface area contributed by atoms with Crippen LogP contribution in [0.25, 0.3) is 11.0 Å². The molecule has 0 aliphatic carbocycles. The van der Waals surface area contributed by atoms with Crippen LogP contribution in [0.15, 0.2) is 53.2 Å². The molecule has 1 amide bonds. The summed E-state index contributed by atoms with van der Waals surface area (Å²) in [6, 6.07) is 17.1. The summed E-state index contributed by atoms with van der Waals surface area (Å²) < 4.78 is 4.95. The second kappa shape index (κ2) is 7.26. The van der Waals surface area contributed by atoms with Gasteiger partial charge in [0, 0.05) is 25.2 Å². The molecule has 6 nitrogen and oxygen atoms in total. The summed E-state index contributed by atoms with van der Waals surface area (Å²) in [7, 11) is 0. The van der Waals surface area contributed by atoms with E-state index in [9.17, 15) is 4.79 Å². The number of aromatic nitrogens is 2. The molecule has 1 aromatic heterocycles. The molecule has 3 atom stereocenters. The Morgan fingerprint density at radius 1 is 1.17 bits per heavy atom. The lowest BCUT2D eigenvalue weighted by molar-refractivity contribution is -0.132. The highest BCUT2D eigenvalue weighted by atomic mass is 16.6. The highest BCUT2D eigenvalue weighted by Crippen LogP contribution is 2.52. The third-order valence-electron chi connectivity index (χ3n) is 6.75. The Bertz CT molecular complexity index is 1020. The van der Waals surface area contributed by atoms with Crippen LogP contribution >= 0.6 is 0 Å². The molecule has 5 rings (SSSR count). The van der Waals surface area contributed by atoms with E-state index in [4.69, 9.17) is 4.63 Å². The van der Waals surface area contributed by atoms with Crippen molar-refractivity contribution in [2.45, 2.75) is 51.2 Å². The Morgan fingerprint density at radius 3 is 2.86 bits per heavy atom. The quantitative estimate of drug-likeness (QED) is 0.699. The van der Waals surface area contributed by atoms with Gasteiger partial charge in [-0.15, -0.1) is 0 Å². The molecule has 0 spiro atoms. The van der Waals surface area contributed by atoms with Gasteiger partial charge in [-0.3, -0.25) is 9.69 Å². The van der Waals surface area contributed by atoms with Crippen molar-refractivity contribution in [3.8, 4) is 0 Å². The van der Waals surface area contributed by atoms with E-state index in [1.165, 1.54) is 5.56 Å². The average Bonchev–Trinajstić information content (AvgIpc) is 3.43. The van der Waals surface area contributed by atoms with Crippen LogP contribution in [0, 0.1) is 5.41 Å². The maximum atomic E-state index is 13.4. The standard InChI is InChI=1S/C23H26N4O2/c1-2-24-22(28)23(13-16-7-4-3-5-8-16)14-18-11-12-20(23)27(18)15-17-9-6-10-19-21(17)26-29-25-19/h3-10,18,20H,2,11-15H2,1H3,(H,24,28)/t18-,20+,23+/m0/s1. The Kier molecular flexibility index (Phi) is 4.59. The Labute approximate surface area is 170 Å². The lowest BCUT2D eigenvalue weighted by Gasteiger charge is -2.36. The molecule has 2 fully saturated rings. The SMILES string of the molecule is CCNC(=O)[C@]1(Cc2ccccc2)C[C@@H]2CC[C@H]1N2Cc1cccc2nonc12. The molecule has 3 heterocycles. The number of nitrogens with one attached hydrogen (secondary N) is 1. The van der Waals surface area contributed by atoms with Crippen molar-refractivity contribution in [3.63, 3.8) is 0 Å². The Hall–Kier alpha value is -2.73. The smallest absolute Gasteiger partial charge is 0.228 e. The molecule has 6 heteroatoms. The van der Waals surface area contributed by atoms with Gasteiger partial charge in [0.25, 0.3) is 0 Å². The van der Waals surface area contributed by atoms with E-state index >= 15 is 0 Å². The van der Waals surface area contributed by atoms with Crippen LogP contribution in [0.5, 0.6) is 0 Å². The lowest BCUT2D eigenvalue weighted by Crippen LogP contribution is -2.50. The molecule has 2 aromatic carbocycles. The first-order valence-electron chi connectivity index (χ1n) is 10.5. The van der Waals surface area contributed by atoms with E-state index in [0.29, 0.717) is 12.6 Å². The van der Waals surface area contributed by atoms with Crippen molar-refractivity contribution in [1.82, 2.24) is 20.5 Å². The molecule has 0 unspecified atom stereocenters. The molecule has 2 bridgehead atoms. The van der Waals surface area contributed by atoms with Crippen molar-refractivity contribution in [2.75, 3.05) is 6.54 Å². The maximum Gasteiger partial charge on any atom is 0.228 e. The van der Waals surface area contributed by atoms with Gasteiger partial charge in [-0.1, -0.05) is 42.5 Å². The summed E-state index contributed by atoms with van der Waals surface area (Å²) in [5.74, 6) is 0.197. The summed E-state index contributed by atoms with van der Waals surface area (Å²) in [5.41, 5.74) is 3.58. The van der Waals surface area contributed by atoms with Crippen molar-refractivity contribution in [2.24, 2.45) is 5.41 Å². The molecule has 2 aliphatic heterocycles. The number of hydrogen-bond donors (Lipinski definition) is 1. The largest absolute Gasteiger partial charge is 0.356 e.